The molecule has 1 amide bonds. The van der Waals surface area contributed by atoms with Crippen molar-refractivity contribution in [1.29, 1.82) is 0 Å². The maximum Gasteiger partial charge on any atom is 0.573 e. The molecule has 39 heavy (non-hydrogen) atoms. The van der Waals surface area contributed by atoms with E-state index in [2.05, 4.69) is 20.3 Å². The molecule has 0 saturated carbocycles. The van der Waals surface area contributed by atoms with E-state index in [9.17, 15) is 35.9 Å². The predicted molar refractivity (Wildman–Crippen MR) is 127 cm³/mol. The number of anilines is 1. The van der Waals surface area contributed by atoms with Gasteiger partial charge in [0.05, 0.1) is 37.4 Å². The molecule has 1 saturated heterocycles. The number of nitrogens with zero attached hydrogens (tertiary/aromatic N) is 3. The number of nitrogens with one attached hydrogen (secondary N) is 1. The Labute approximate surface area is 221 Å². The van der Waals surface area contributed by atoms with Crippen molar-refractivity contribution in [2.24, 2.45) is 0 Å². The van der Waals surface area contributed by atoms with E-state index in [4.69, 9.17) is 4.74 Å². The van der Waals surface area contributed by atoms with E-state index < -0.39 is 35.5 Å². The number of hydrogen-bond acceptors (Lipinski definition) is 8. The first kappa shape index (κ1) is 28.4. The Morgan fingerprint density at radius 1 is 1.03 bits per heavy atom. The minimum Gasteiger partial charge on any atom is -0.404 e. The summed E-state index contributed by atoms with van der Waals surface area (Å²) in [4.78, 5) is 27.1. The number of Topliss-reactive ketones (excluding diaryl/α,β-unsaturated/α-hetero) is 1. The minimum absolute atomic E-state index is 0.0398. The van der Waals surface area contributed by atoms with Gasteiger partial charge in [0.15, 0.2) is 11.5 Å². The molecule has 0 radical (unpaired) electrons. The summed E-state index contributed by atoms with van der Waals surface area (Å²) >= 11 is 0.904. The highest BCUT2D eigenvalue weighted by Crippen LogP contribution is 2.34. The molecule has 0 bridgehead atoms. The molecule has 3 aromatic rings. The van der Waals surface area contributed by atoms with Gasteiger partial charge in [-0.25, -0.2) is 0 Å². The molecule has 0 spiro atoms. The van der Waals surface area contributed by atoms with E-state index in [1.807, 2.05) is 0 Å². The Morgan fingerprint density at radius 3 is 2.46 bits per heavy atom. The van der Waals surface area contributed by atoms with Gasteiger partial charge in [-0.2, -0.15) is 13.2 Å². The van der Waals surface area contributed by atoms with Crippen molar-refractivity contribution in [2.75, 3.05) is 38.2 Å². The Morgan fingerprint density at radius 2 is 1.77 bits per heavy atom. The van der Waals surface area contributed by atoms with Crippen LogP contribution in [0.3, 0.4) is 0 Å². The van der Waals surface area contributed by atoms with E-state index in [0.717, 1.165) is 41.7 Å². The van der Waals surface area contributed by atoms with E-state index >= 15 is 0 Å². The number of ketones is 1. The largest absolute Gasteiger partial charge is 0.573 e. The van der Waals surface area contributed by atoms with Crippen molar-refractivity contribution in [3.8, 4) is 16.3 Å². The van der Waals surface area contributed by atoms with Crippen LogP contribution in [0.2, 0.25) is 0 Å². The van der Waals surface area contributed by atoms with Gasteiger partial charge in [0, 0.05) is 24.2 Å². The zero-order valence-electron chi connectivity index (χ0n) is 19.9. The highest BCUT2D eigenvalue weighted by molar-refractivity contribution is 7.14. The molecule has 1 aliphatic rings. The maximum absolute atomic E-state index is 13.0. The predicted octanol–water partition coefficient (Wildman–Crippen LogP) is 4.82. The number of carbonyl (C=O) groups is 2. The van der Waals surface area contributed by atoms with Crippen LogP contribution in [0.4, 0.5) is 32.0 Å². The molecule has 0 unspecified atom stereocenters. The number of hydrogen-bond donors (Lipinski definition) is 1. The van der Waals surface area contributed by atoms with Crippen LogP contribution in [-0.4, -0.2) is 66.0 Å². The van der Waals surface area contributed by atoms with Crippen LogP contribution in [-0.2, 0) is 22.1 Å². The third-order valence-electron chi connectivity index (χ3n) is 5.49. The van der Waals surface area contributed by atoms with E-state index in [-0.39, 0.29) is 39.8 Å². The van der Waals surface area contributed by atoms with Gasteiger partial charge in [0.1, 0.15) is 10.0 Å². The summed E-state index contributed by atoms with van der Waals surface area (Å²) in [6.07, 6.45) is -9.91. The number of halogens is 6. The highest BCUT2D eigenvalue weighted by atomic mass is 32.1. The Kier molecular flexibility index (Phi) is 8.51. The van der Waals surface area contributed by atoms with Crippen molar-refractivity contribution in [1.82, 2.24) is 15.1 Å². The molecule has 1 N–H and O–H groups in total. The van der Waals surface area contributed by atoms with Gasteiger partial charge in [-0.1, -0.05) is 23.5 Å². The number of morpholine rings is 1. The monoisotopic (exact) mass is 574 g/mol. The first-order chi connectivity index (χ1) is 18.4. The normalized spacial score (nSPS) is 14.7. The van der Waals surface area contributed by atoms with Crippen molar-refractivity contribution in [3.63, 3.8) is 0 Å². The van der Waals surface area contributed by atoms with Crippen LogP contribution in [0, 0.1) is 0 Å². The molecule has 0 atom stereocenters. The molecule has 15 heteroatoms. The summed E-state index contributed by atoms with van der Waals surface area (Å²) in [5.74, 6) is -1.87. The average Bonchev–Trinajstić information content (AvgIpc) is 3.33. The molecule has 2 aromatic carbocycles. The maximum atomic E-state index is 13.0. The zero-order chi connectivity index (χ0) is 28.2. The van der Waals surface area contributed by atoms with Crippen molar-refractivity contribution >= 4 is 28.7 Å². The quantitative estimate of drug-likeness (QED) is 0.305. The van der Waals surface area contributed by atoms with Crippen LogP contribution < -0.4 is 10.1 Å². The van der Waals surface area contributed by atoms with Gasteiger partial charge in [-0.05, 0) is 30.3 Å². The number of rotatable bonds is 8. The number of amides is 1. The molecule has 8 nitrogen and oxygen atoms in total. The van der Waals surface area contributed by atoms with Gasteiger partial charge < -0.3 is 14.8 Å². The number of benzene rings is 2. The van der Waals surface area contributed by atoms with E-state index in [0.29, 0.717) is 26.3 Å². The molecular weight excluding hydrogens is 554 g/mol. The second-order valence-corrected chi connectivity index (χ2v) is 9.44. The fourth-order valence-corrected chi connectivity index (χ4v) is 4.51. The number of aromatic nitrogens is 2. The number of ether oxygens (including phenoxy) is 2. The molecule has 1 aliphatic heterocycles. The Hall–Kier alpha value is -3.56. The molecule has 0 aliphatic carbocycles. The molecule has 1 aromatic heterocycles. The first-order valence-electron chi connectivity index (χ1n) is 11.4. The van der Waals surface area contributed by atoms with Crippen LogP contribution in [0.25, 0.3) is 10.6 Å². The van der Waals surface area contributed by atoms with Crippen molar-refractivity contribution in [3.05, 3.63) is 58.6 Å². The standard InChI is InChI=1S/C24H20F6N4O4S/c25-23(26,27)16-3-1-2-15(10-16)22-33-32-21(39-22)12-18(35)14-4-5-19(38-24(28,29)30)17(11-14)31-20(36)13-34-6-8-37-9-7-34/h1-5,10-11H,6-9,12-13H2,(H,31,36). The summed E-state index contributed by atoms with van der Waals surface area (Å²) in [5.41, 5.74) is -1.09. The third-order valence-corrected chi connectivity index (χ3v) is 6.46. The van der Waals surface area contributed by atoms with Gasteiger partial charge in [-0.3, -0.25) is 14.5 Å². The highest BCUT2D eigenvalue weighted by Gasteiger charge is 2.33. The summed E-state index contributed by atoms with van der Waals surface area (Å²) in [6, 6.07) is 7.57. The lowest BCUT2D eigenvalue weighted by molar-refractivity contribution is -0.274. The number of carbonyl (C=O) groups excluding carboxylic acids is 2. The zero-order valence-corrected chi connectivity index (χ0v) is 20.8. The SMILES string of the molecule is O=C(CN1CCOCC1)Nc1cc(C(=O)Cc2nnc(-c3cccc(C(F)(F)F)c3)s2)ccc1OC(F)(F)F. The third kappa shape index (κ3) is 7.97. The van der Waals surface area contributed by atoms with Crippen molar-refractivity contribution < 1.29 is 45.4 Å². The van der Waals surface area contributed by atoms with Crippen LogP contribution in [0.5, 0.6) is 5.75 Å². The lowest BCUT2D eigenvalue weighted by atomic mass is 10.1. The summed E-state index contributed by atoms with van der Waals surface area (Å²) < 4.78 is 87.0. The fraction of sp³-hybridized carbons (Fsp3) is 0.333. The molecular formula is C24H20F6N4O4S. The smallest absolute Gasteiger partial charge is 0.404 e. The number of alkyl halides is 6. The minimum atomic E-state index is -5.04. The topological polar surface area (TPSA) is 93.7 Å². The first-order valence-corrected chi connectivity index (χ1v) is 12.2. The summed E-state index contributed by atoms with van der Waals surface area (Å²) in [7, 11) is 0. The second kappa shape index (κ2) is 11.7. The molecule has 1 fully saturated rings. The van der Waals surface area contributed by atoms with Gasteiger partial charge in [0.2, 0.25) is 5.91 Å². The Bertz CT molecular complexity index is 1340. The molecule has 208 valence electrons. The molecule has 4 rings (SSSR count). The van der Waals surface area contributed by atoms with Gasteiger partial charge >= 0.3 is 12.5 Å². The second-order valence-electron chi connectivity index (χ2n) is 8.37. The summed E-state index contributed by atoms with van der Waals surface area (Å²) in [6.45, 7) is 1.68. The van der Waals surface area contributed by atoms with Crippen molar-refractivity contribution in [2.45, 2.75) is 19.0 Å². The fourth-order valence-electron chi connectivity index (χ4n) is 3.68. The van der Waals surface area contributed by atoms with Crippen LogP contribution >= 0.6 is 11.3 Å². The Balaban J connectivity index is 1.50. The van der Waals surface area contributed by atoms with Crippen LogP contribution in [0.1, 0.15) is 20.9 Å². The van der Waals surface area contributed by atoms with E-state index in [1.54, 1.807) is 4.90 Å². The lowest BCUT2D eigenvalue weighted by Gasteiger charge is -2.26. The van der Waals surface area contributed by atoms with Gasteiger partial charge in [-0.15, -0.1) is 23.4 Å². The summed E-state index contributed by atoms with van der Waals surface area (Å²) in [5, 5.41) is 10.4. The van der Waals surface area contributed by atoms with Gasteiger partial charge in [0.25, 0.3) is 0 Å². The average molecular weight is 575 g/mol. The molecule has 2 heterocycles. The van der Waals surface area contributed by atoms with Crippen LogP contribution in [0.15, 0.2) is 42.5 Å². The lowest BCUT2D eigenvalue weighted by Crippen LogP contribution is -2.41. The van der Waals surface area contributed by atoms with E-state index in [1.165, 1.54) is 12.1 Å².